The summed E-state index contributed by atoms with van der Waals surface area (Å²) in [6.45, 7) is 2.82. The number of benzene rings is 1. The van der Waals surface area contributed by atoms with Crippen molar-refractivity contribution in [2.45, 2.75) is 25.3 Å². The zero-order chi connectivity index (χ0) is 10.8. The molecule has 0 unspecified atom stereocenters. The number of nitrogens with one attached hydrogen (secondary N) is 1. The lowest BCUT2D eigenvalue weighted by atomic mass is 9.95. The van der Waals surface area contributed by atoms with Crippen molar-refractivity contribution in [3.8, 4) is 0 Å². The molecule has 1 aromatic rings. The zero-order valence-electron chi connectivity index (χ0n) is 8.73. The summed E-state index contributed by atoms with van der Waals surface area (Å²) in [5, 5.41) is 11.9. The first-order valence-electron chi connectivity index (χ1n) is 5.19. The van der Waals surface area contributed by atoms with Crippen LogP contribution in [0.5, 0.6) is 0 Å². The Morgan fingerprint density at radius 2 is 2.33 bits per heavy atom. The largest absolute Gasteiger partial charge is 0.480 e. The Morgan fingerprint density at radius 3 is 2.93 bits per heavy atom. The van der Waals surface area contributed by atoms with Gasteiger partial charge in [-0.25, -0.2) is 0 Å². The van der Waals surface area contributed by atoms with Gasteiger partial charge in [-0.15, -0.1) is 0 Å². The van der Waals surface area contributed by atoms with E-state index in [9.17, 15) is 4.79 Å². The molecule has 3 heteroatoms. The normalized spacial score (nSPS) is 25.4. The Morgan fingerprint density at radius 1 is 1.53 bits per heavy atom. The van der Waals surface area contributed by atoms with Crippen LogP contribution in [0.4, 0.5) is 0 Å². The Balaban J connectivity index is 2.11. The summed E-state index contributed by atoms with van der Waals surface area (Å²) in [6, 6.07) is 7.91. The summed E-state index contributed by atoms with van der Waals surface area (Å²) in [5.41, 5.74) is 2.47. The van der Waals surface area contributed by atoms with E-state index in [1.54, 1.807) is 0 Å². The molecular weight excluding hydrogens is 190 g/mol. The maximum absolute atomic E-state index is 10.8. The molecule has 3 nitrogen and oxygen atoms in total. The van der Waals surface area contributed by atoms with Crippen LogP contribution in [0.3, 0.4) is 0 Å². The number of carboxylic acids is 1. The smallest absolute Gasteiger partial charge is 0.320 e. The third-order valence-electron chi connectivity index (χ3n) is 2.94. The molecule has 2 rings (SSSR count). The molecule has 0 aromatic heterocycles. The maximum atomic E-state index is 10.8. The van der Waals surface area contributed by atoms with Crippen molar-refractivity contribution in [1.82, 2.24) is 5.32 Å². The third-order valence-corrected chi connectivity index (χ3v) is 2.94. The van der Waals surface area contributed by atoms with E-state index in [0.717, 1.165) is 6.54 Å². The minimum Gasteiger partial charge on any atom is -0.480 e. The molecular formula is C12H15NO2. The predicted octanol–water partition coefficient (Wildman–Crippen LogP) is 1.53. The van der Waals surface area contributed by atoms with E-state index in [4.69, 9.17) is 5.11 Å². The highest BCUT2D eigenvalue weighted by atomic mass is 16.4. The molecule has 2 atom stereocenters. The highest BCUT2D eigenvalue weighted by Gasteiger charge is 2.29. The first-order valence-corrected chi connectivity index (χ1v) is 5.19. The number of hydrogen-bond donors (Lipinski definition) is 2. The van der Waals surface area contributed by atoms with Gasteiger partial charge in [0.15, 0.2) is 0 Å². The van der Waals surface area contributed by atoms with Gasteiger partial charge >= 0.3 is 5.97 Å². The summed E-state index contributed by atoms with van der Waals surface area (Å²) in [5.74, 6) is -0.406. The highest BCUT2D eigenvalue weighted by Crippen LogP contribution is 2.26. The Labute approximate surface area is 89.1 Å². The monoisotopic (exact) mass is 205 g/mol. The van der Waals surface area contributed by atoms with Gasteiger partial charge in [0.2, 0.25) is 0 Å². The van der Waals surface area contributed by atoms with Crippen molar-refractivity contribution >= 4 is 5.97 Å². The van der Waals surface area contributed by atoms with Gasteiger partial charge in [0.25, 0.3) is 0 Å². The van der Waals surface area contributed by atoms with Crippen LogP contribution in [-0.4, -0.2) is 23.7 Å². The first kappa shape index (κ1) is 10.2. The maximum Gasteiger partial charge on any atom is 0.320 e. The molecule has 0 spiro atoms. The first-order chi connectivity index (χ1) is 7.16. The molecule has 1 aliphatic rings. The number of carboxylic acid groups (broad SMARTS) is 1. The van der Waals surface area contributed by atoms with Gasteiger partial charge in [-0.1, -0.05) is 29.8 Å². The molecule has 1 fully saturated rings. The second-order valence-corrected chi connectivity index (χ2v) is 4.15. The summed E-state index contributed by atoms with van der Waals surface area (Å²) in [6.07, 6.45) is 0.693. The van der Waals surface area contributed by atoms with E-state index in [1.165, 1.54) is 11.1 Å². The van der Waals surface area contributed by atoms with Crippen LogP contribution in [0.1, 0.15) is 23.5 Å². The van der Waals surface area contributed by atoms with Gasteiger partial charge in [0.05, 0.1) is 0 Å². The van der Waals surface area contributed by atoms with E-state index in [-0.39, 0.29) is 6.04 Å². The number of aliphatic carboxylic acids is 1. The fourth-order valence-corrected chi connectivity index (χ4v) is 2.10. The summed E-state index contributed by atoms with van der Waals surface area (Å²) < 4.78 is 0. The molecule has 1 saturated heterocycles. The Kier molecular flexibility index (Phi) is 2.73. The van der Waals surface area contributed by atoms with Gasteiger partial charge in [0.1, 0.15) is 6.04 Å². The number of hydrogen-bond acceptors (Lipinski definition) is 2. The van der Waals surface area contributed by atoms with Gasteiger partial charge < -0.3 is 10.4 Å². The Hall–Kier alpha value is -1.35. The van der Waals surface area contributed by atoms with E-state index in [2.05, 4.69) is 30.4 Å². The van der Waals surface area contributed by atoms with Crippen molar-refractivity contribution in [3.05, 3.63) is 35.4 Å². The quantitative estimate of drug-likeness (QED) is 0.769. The summed E-state index contributed by atoms with van der Waals surface area (Å²) in [4.78, 5) is 10.8. The molecule has 0 aliphatic carbocycles. The fourth-order valence-electron chi connectivity index (χ4n) is 2.10. The van der Waals surface area contributed by atoms with Crippen LogP contribution in [-0.2, 0) is 4.79 Å². The van der Waals surface area contributed by atoms with Crippen LogP contribution in [0.2, 0.25) is 0 Å². The molecule has 2 N–H and O–H groups in total. The van der Waals surface area contributed by atoms with Crippen molar-refractivity contribution < 1.29 is 9.90 Å². The minimum atomic E-state index is -0.745. The number of rotatable bonds is 2. The molecule has 0 bridgehead atoms. The molecule has 15 heavy (non-hydrogen) atoms. The molecule has 1 aromatic carbocycles. The average molecular weight is 205 g/mol. The van der Waals surface area contributed by atoms with Crippen LogP contribution < -0.4 is 5.32 Å². The van der Waals surface area contributed by atoms with Crippen molar-refractivity contribution in [3.63, 3.8) is 0 Å². The molecule has 0 amide bonds. The van der Waals surface area contributed by atoms with E-state index < -0.39 is 5.97 Å². The van der Waals surface area contributed by atoms with Crippen LogP contribution in [0.15, 0.2) is 24.3 Å². The molecule has 0 saturated carbocycles. The van der Waals surface area contributed by atoms with Gasteiger partial charge in [-0.05, 0) is 24.8 Å². The third kappa shape index (κ3) is 2.18. The van der Waals surface area contributed by atoms with E-state index >= 15 is 0 Å². The predicted molar refractivity (Wildman–Crippen MR) is 58.0 cm³/mol. The topological polar surface area (TPSA) is 49.3 Å². The van der Waals surface area contributed by atoms with Gasteiger partial charge in [0, 0.05) is 6.54 Å². The van der Waals surface area contributed by atoms with Crippen molar-refractivity contribution in [2.24, 2.45) is 0 Å². The van der Waals surface area contributed by atoms with Crippen LogP contribution in [0, 0.1) is 6.92 Å². The SMILES string of the molecule is Cc1cccc([C@@H]2CN[C@@H](C(=O)O)C2)c1. The standard InChI is InChI=1S/C12H15NO2/c1-8-3-2-4-9(5-8)10-6-11(12(14)15)13-7-10/h2-5,10-11,13H,6-7H2,1H3,(H,14,15)/t10-,11+/m0/s1. The number of carbonyl (C=O) groups is 1. The fraction of sp³-hybridized carbons (Fsp3) is 0.417. The molecule has 0 radical (unpaired) electrons. The van der Waals surface area contributed by atoms with Gasteiger partial charge in [-0.2, -0.15) is 0 Å². The lowest BCUT2D eigenvalue weighted by Gasteiger charge is -2.09. The molecule has 1 aliphatic heterocycles. The van der Waals surface area contributed by atoms with Crippen LogP contribution >= 0.6 is 0 Å². The number of aryl methyl sites for hydroxylation is 1. The zero-order valence-corrected chi connectivity index (χ0v) is 8.73. The second kappa shape index (κ2) is 4.03. The molecule has 80 valence electrons. The lowest BCUT2D eigenvalue weighted by Crippen LogP contribution is -2.29. The van der Waals surface area contributed by atoms with Crippen molar-refractivity contribution in [2.75, 3.05) is 6.54 Å². The second-order valence-electron chi connectivity index (χ2n) is 4.15. The minimum absolute atomic E-state index is 0.339. The van der Waals surface area contributed by atoms with Gasteiger partial charge in [-0.3, -0.25) is 4.79 Å². The summed E-state index contributed by atoms with van der Waals surface area (Å²) in [7, 11) is 0. The van der Waals surface area contributed by atoms with E-state index in [1.807, 2.05) is 6.07 Å². The average Bonchev–Trinajstić information content (AvgIpc) is 2.66. The summed E-state index contributed by atoms with van der Waals surface area (Å²) >= 11 is 0. The lowest BCUT2D eigenvalue weighted by molar-refractivity contribution is -0.139. The van der Waals surface area contributed by atoms with E-state index in [0.29, 0.717) is 12.3 Å². The highest BCUT2D eigenvalue weighted by molar-refractivity contribution is 5.74. The van der Waals surface area contributed by atoms with Crippen LogP contribution in [0.25, 0.3) is 0 Å². The van der Waals surface area contributed by atoms with Crippen molar-refractivity contribution in [1.29, 1.82) is 0 Å². The molecule has 1 heterocycles. The Bertz CT molecular complexity index is 376.